The van der Waals surface area contributed by atoms with E-state index in [9.17, 15) is 4.79 Å². The van der Waals surface area contributed by atoms with Gasteiger partial charge in [-0.2, -0.15) is 0 Å². The first-order chi connectivity index (χ1) is 10.0. The van der Waals surface area contributed by atoms with E-state index in [2.05, 4.69) is 50.8 Å². The minimum atomic E-state index is -0.242. The molecule has 0 radical (unpaired) electrons. The predicted octanol–water partition coefficient (Wildman–Crippen LogP) is 4.07. The normalized spacial score (nSPS) is 16.4. The van der Waals surface area contributed by atoms with Crippen LogP contribution in [-0.2, 0) is 11.2 Å². The zero-order valence-electron chi connectivity index (χ0n) is 14.0. The van der Waals surface area contributed by atoms with Gasteiger partial charge in [0.1, 0.15) is 0 Å². The lowest BCUT2D eigenvalue weighted by Gasteiger charge is -2.39. The Morgan fingerprint density at radius 2 is 1.57 bits per heavy atom. The van der Waals surface area contributed by atoms with Crippen LogP contribution in [0.1, 0.15) is 56.2 Å². The number of rotatable bonds is 6. The van der Waals surface area contributed by atoms with Crippen LogP contribution in [0.25, 0.3) is 0 Å². The smallest absolute Gasteiger partial charge is 0.157 e. The Hall–Kier alpha value is -1.15. The van der Waals surface area contributed by atoms with Crippen LogP contribution >= 0.6 is 0 Å². The summed E-state index contributed by atoms with van der Waals surface area (Å²) in [5.74, 6) is 0.402. The van der Waals surface area contributed by atoms with E-state index < -0.39 is 0 Å². The quantitative estimate of drug-likeness (QED) is 0.786. The SMILES string of the molecule is CCC(CC)(C(=O)Cc1cc(C)cc(C)c1)N1CCCC1. The van der Waals surface area contributed by atoms with Crippen LogP contribution in [0.2, 0.25) is 0 Å². The maximum atomic E-state index is 13.1. The van der Waals surface area contributed by atoms with E-state index in [1.807, 2.05) is 0 Å². The molecule has 1 heterocycles. The maximum Gasteiger partial charge on any atom is 0.157 e. The minimum absolute atomic E-state index is 0.242. The lowest BCUT2D eigenvalue weighted by Crippen LogP contribution is -2.53. The Balaban J connectivity index is 2.22. The molecule has 1 fully saturated rings. The van der Waals surface area contributed by atoms with Gasteiger partial charge in [0, 0.05) is 6.42 Å². The molecule has 1 saturated heterocycles. The van der Waals surface area contributed by atoms with Gasteiger partial charge in [0.2, 0.25) is 0 Å². The van der Waals surface area contributed by atoms with Crippen molar-refractivity contribution in [3.8, 4) is 0 Å². The van der Waals surface area contributed by atoms with Gasteiger partial charge in [0.25, 0.3) is 0 Å². The van der Waals surface area contributed by atoms with E-state index >= 15 is 0 Å². The number of aryl methyl sites for hydroxylation is 2. The van der Waals surface area contributed by atoms with E-state index in [1.54, 1.807) is 0 Å². The van der Waals surface area contributed by atoms with Crippen molar-refractivity contribution in [3.05, 3.63) is 34.9 Å². The van der Waals surface area contributed by atoms with E-state index in [-0.39, 0.29) is 5.54 Å². The third-order valence-corrected chi connectivity index (χ3v) is 5.05. The summed E-state index contributed by atoms with van der Waals surface area (Å²) in [7, 11) is 0. The van der Waals surface area contributed by atoms with Gasteiger partial charge in [0.15, 0.2) is 5.78 Å². The fourth-order valence-electron chi connectivity index (χ4n) is 3.93. The molecule has 0 saturated carbocycles. The molecule has 0 N–H and O–H groups in total. The van der Waals surface area contributed by atoms with E-state index in [1.165, 1.54) is 29.5 Å². The van der Waals surface area contributed by atoms with Crippen molar-refractivity contribution in [2.45, 2.75) is 65.3 Å². The maximum absolute atomic E-state index is 13.1. The van der Waals surface area contributed by atoms with Crippen LogP contribution in [0.5, 0.6) is 0 Å². The third kappa shape index (κ3) is 3.37. The van der Waals surface area contributed by atoms with Gasteiger partial charge in [-0.05, 0) is 58.2 Å². The number of carbonyl (C=O) groups excluding carboxylic acids is 1. The number of hydrogen-bond donors (Lipinski definition) is 0. The molecule has 2 nitrogen and oxygen atoms in total. The van der Waals surface area contributed by atoms with E-state index in [0.717, 1.165) is 25.9 Å². The molecule has 116 valence electrons. The van der Waals surface area contributed by atoms with Crippen LogP contribution in [-0.4, -0.2) is 29.3 Å². The molecule has 1 aliphatic rings. The van der Waals surface area contributed by atoms with Gasteiger partial charge in [-0.1, -0.05) is 43.2 Å². The molecule has 0 amide bonds. The minimum Gasteiger partial charge on any atom is -0.297 e. The lowest BCUT2D eigenvalue weighted by atomic mass is 9.83. The Morgan fingerprint density at radius 3 is 2.05 bits per heavy atom. The summed E-state index contributed by atoms with van der Waals surface area (Å²) in [6.07, 6.45) is 4.89. The van der Waals surface area contributed by atoms with Gasteiger partial charge < -0.3 is 0 Å². The molecular weight excluding hydrogens is 258 g/mol. The van der Waals surface area contributed by atoms with Crippen LogP contribution in [0.15, 0.2) is 18.2 Å². The van der Waals surface area contributed by atoms with Crippen molar-refractivity contribution in [1.82, 2.24) is 4.90 Å². The first kappa shape index (κ1) is 16.2. The number of likely N-dealkylation sites (tertiary alicyclic amines) is 1. The summed E-state index contributed by atoms with van der Waals surface area (Å²) in [5, 5.41) is 0. The number of nitrogens with zero attached hydrogens (tertiary/aromatic N) is 1. The van der Waals surface area contributed by atoms with Gasteiger partial charge in [-0.25, -0.2) is 0 Å². The summed E-state index contributed by atoms with van der Waals surface area (Å²) in [6.45, 7) is 10.7. The van der Waals surface area contributed by atoms with Crippen molar-refractivity contribution in [1.29, 1.82) is 0 Å². The first-order valence-electron chi connectivity index (χ1n) is 8.37. The highest BCUT2D eigenvalue weighted by Gasteiger charge is 2.41. The Bertz CT molecular complexity index is 476. The highest BCUT2D eigenvalue weighted by Crippen LogP contribution is 2.30. The number of Topliss-reactive ketones (excluding diaryl/α,β-unsaturated/α-hetero) is 1. The summed E-state index contributed by atoms with van der Waals surface area (Å²) < 4.78 is 0. The lowest BCUT2D eigenvalue weighted by molar-refractivity contribution is -0.130. The zero-order chi connectivity index (χ0) is 15.5. The fourth-order valence-corrected chi connectivity index (χ4v) is 3.93. The molecule has 0 spiro atoms. The van der Waals surface area contributed by atoms with Crippen LogP contribution in [0.4, 0.5) is 0 Å². The third-order valence-electron chi connectivity index (χ3n) is 5.05. The van der Waals surface area contributed by atoms with E-state index in [0.29, 0.717) is 12.2 Å². The molecule has 0 atom stereocenters. The highest BCUT2D eigenvalue weighted by molar-refractivity contribution is 5.90. The first-order valence-corrected chi connectivity index (χ1v) is 8.37. The van der Waals surface area contributed by atoms with Crippen molar-refractivity contribution in [2.75, 3.05) is 13.1 Å². The van der Waals surface area contributed by atoms with Gasteiger partial charge in [-0.15, -0.1) is 0 Å². The van der Waals surface area contributed by atoms with Crippen LogP contribution in [0.3, 0.4) is 0 Å². The average Bonchev–Trinajstić information content (AvgIpc) is 2.94. The molecule has 21 heavy (non-hydrogen) atoms. The number of ketones is 1. The number of carbonyl (C=O) groups is 1. The van der Waals surface area contributed by atoms with Gasteiger partial charge >= 0.3 is 0 Å². The zero-order valence-corrected chi connectivity index (χ0v) is 14.0. The van der Waals surface area contributed by atoms with E-state index in [4.69, 9.17) is 0 Å². The topological polar surface area (TPSA) is 20.3 Å². The molecule has 1 aliphatic heterocycles. The molecule has 1 aromatic carbocycles. The Morgan fingerprint density at radius 1 is 1.05 bits per heavy atom. The fraction of sp³-hybridized carbons (Fsp3) is 0.632. The van der Waals surface area contributed by atoms with Gasteiger partial charge in [-0.3, -0.25) is 9.69 Å². The molecule has 0 unspecified atom stereocenters. The second-order valence-corrected chi connectivity index (χ2v) is 6.53. The molecule has 2 heteroatoms. The highest BCUT2D eigenvalue weighted by atomic mass is 16.1. The summed E-state index contributed by atoms with van der Waals surface area (Å²) >= 11 is 0. The standard InChI is InChI=1S/C19H29NO/c1-5-19(6-2,20-9-7-8-10-20)18(21)14-17-12-15(3)11-16(4)13-17/h11-13H,5-10,14H2,1-4H3. The van der Waals surface area contributed by atoms with Crippen LogP contribution < -0.4 is 0 Å². The summed E-state index contributed by atoms with van der Waals surface area (Å²) in [6, 6.07) is 6.48. The van der Waals surface area contributed by atoms with Crippen molar-refractivity contribution in [2.24, 2.45) is 0 Å². The molecule has 0 aromatic heterocycles. The second-order valence-electron chi connectivity index (χ2n) is 6.53. The van der Waals surface area contributed by atoms with Crippen molar-refractivity contribution < 1.29 is 4.79 Å². The molecular formula is C19H29NO. The Labute approximate surface area is 129 Å². The Kier molecular flexibility index (Phi) is 5.21. The molecule has 1 aromatic rings. The van der Waals surface area contributed by atoms with Crippen molar-refractivity contribution >= 4 is 5.78 Å². The molecule has 0 bridgehead atoms. The average molecular weight is 287 g/mol. The monoisotopic (exact) mass is 287 g/mol. The molecule has 2 rings (SSSR count). The number of hydrogen-bond acceptors (Lipinski definition) is 2. The molecule has 0 aliphatic carbocycles. The van der Waals surface area contributed by atoms with Gasteiger partial charge in [0.05, 0.1) is 5.54 Å². The predicted molar refractivity (Wildman–Crippen MR) is 88.7 cm³/mol. The van der Waals surface area contributed by atoms with Crippen molar-refractivity contribution in [3.63, 3.8) is 0 Å². The number of benzene rings is 1. The van der Waals surface area contributed by atoms with Crippen LogP contribution in [0, 0.1) is 13.8 Å². The summed E-state index contributed by atoms with van der Waals surface area (Å²) in [4.78, 5) is 15.5. The summed E-state index contributed by atoms with van der Waals surface area (Å²) in [5.41, 5.74) is 3.42. The largest absolute Gasteiger partial charge is 0.297 e. The second kappa shape index (κ2) is 6.74.